The lowest BCUT2D eigenvalue weighted by atomic mass is 10.4. The lowest BCUT2D eigenvalue weighted by Gasteiger charge is -2.08. The Morgan fingerprint density at radius 1 is 1.50 bits per heavy atom. The molecule has 0 aliphatic carbocycles. The first-order valence-corrected chi connectivity index (χ1v) is 3.77. The van der Waals surface area contributed by atoms with Crippen molar-refractivity contribution in [2.45, 2.75) is 6.18 Å². The van der Waals surface area contributed by atoms with Crippen LogP contribution in [0, 0.1) is 0 Å². The maximum atomic E-state index is 11.8. The predicted molar refractivity (Wildman–Crippen MR) is 43.9 cm³/mol. The van der Waals surface area contributed by atoms with Crippen LogP contribution in [0.5, 0.6) is 0 Å². The minimum atomic E-state index is -4.93. The third-order valence-electron chi connectivity index (χ3n) is 1.27. The molecule has 0 atom stereocenters. The van der Waals surface area contributed by atoms with E-state index in [-0.39, 0.29) is 10.7 Å². The van der Waals surface area contributed by atoms with Crippen molar-refractivity contribution >= 4 is 23.2 Å². The number of rotatable bonds is 1. The Morgan fingerprint density at radius 2 is 2.14 bits per heavy atom. The van der Waals surface area contributed by atoms with E-state index in [1.54, 1.807) is 5.32 Å². The Morgan fingerprint density at radius 3 is 2.64 bits per heavy atom. The predicted octanol–water partition coefficient (Wildman–Crippen LogP) is 2.24. The molecule has 0 saturated heterocycles. The Labute approximate surface area is 81.9 Å². The van der Waals surface area contributed by atoms with Gasteiger partial charge in [0.1, 0.15) is 0 Å². The van der Waals surface area contributed by atoms with E-state index in [1.807, 2.05) is 0 Å². The second-order valence-electron chi connectivity index (χ2n) is 2.31. The number of alkyl halides is 3. The van der Waals surface area contributed by atoms with E-state index < -0.39 is 12.1 Å². The molecule has 0 bridgehead atoms. The van der Waals surface area contributed by atoms with E-state index in [4.69, 9.17) is 11.6 Å². The summed E-state index contributed by atoms with van der Waals surface area (Å²) in [4.78, 5) is 14.0. The van der Waals surface area contributed by atoms with Gasteiger partial charge in [0.25, 0.3) is 0 Å². The molecule has 0 aromatic carbocycles. The molecule has 0 aliphatic heterocycles. The molecular weight excluding hydrogens is 221 g/mol. The van der Waals surface area contributed by atoms with Gasteiger partial charge >= 0.3 is 12.1 Å². The van der Waals surface area contributed by atoms with Crippen molar-refractivity contribution in [3.05, 3.63) is 23.5 Å². The SMILES string of the molecule is O=C(Nc1cnccc1Cl)C(F)(F)F. The number of hydrogen-bond acceptors (Lipinski definition) is 2. The quantitative estimate of drug-likeness (QED) is 0.795. The Bertz CT molecular complexity index is 353. The molecule has 1 heterocycles. The van der Waals surface area contributed by atoms with Crippen molar-refractivity contribution in [3.63, 3.8) is 0 Å². The van der Waals surface area contributed by atoms with Crippen molar-refractivity contribution in [3.8, 4) is 0 Å². The van der Waals surface area contributed by atoms with Gasteiger partial charge in [-0.1, -0.05) is 11.6 Å². The summed E-state index contributed by atoms with van der Waals surface area (Å²) in [5.41, 5.74) is -0.170. The Hall–Kier alpha value is -1.30. The van der Waals surface area contributed by atoms with Crippen molar-refractivity contribution in [2.75, 3.05) is 5.32 Å². The highest BCUT2D eigenvalue weighted by molar-refractivity contribution is 6.33. The molecule has 7 heteroatoms. The van der Waals surface area contributed by atoms with E-state index in [1.165, 1.54) is 12.3 Å². The highest BCUT2D eigenvalue weighted by Gasteiger charge is 2.38. The van der Waals surface area contributed by atoms with Gasteiger partial charge in [-0.05, 0) is 6.07 Å². The average molecular weight is 225 g/mol. The van der Waals surface area contributed by atoms with Crippen LogP contribution in [0.15, 0.2) is 18.5 Å². The van der Waals surface area contributed by atoms with Crippen molar-refractivity contribution in [1.82, 2.24) is 4.98 Å². The number of aromatic nitrogens is 1. The second kappa shape index (κ2) is 3.83. The molecule has 76 valence electrons. The molecule has 0 aliphatic rings. The monoisotopic (exact) mass is 224 g/mol. The smallest absolute Gasteiger partial charge is 0.316 e. The first kappa shape index (κ1) is 10.8. The zero-order valence-corrected chi connectivity index (χ0v) is 7.36. The number of halogens is 4. The highest BCUT2D eigenvalue weighted by atomic mass is 35.5. The van der Waals surface area contributed by atoms with Crippen LogP contribution in [-0.2, 0) is 4.79 Å². The minimum absolute atomic E-state index is 0.00222. The summed E-state index contributed by atoms with van der Waals surface area (Å²) in [6.45, 7) is 0. The Balaban J connectivity index is 2.80. The fourth-order valence-corrected chi connectivity index (χ4v) is 0.815. The molecule has 0 unspecified atom stereocenters. The molecule has 0 fully saturated rings. The van der Waals surface area contributed by atoms with Gasteiger partial charge in [0.15, 0.2) is 0 Å². The molecule has 3 nitrogen and oxygen atoms in total. The molecule has 0 radical (unpaired) electrons. The number of nitrogens with zero attached hydrogens (tertiary/aromatic N) is 1. The first-order chi connectivity index (χ1) is 6.41. The fraction of sp³-hybridized carbons (Fsp3) is 0.143. The highest BCUT2D eigenvalue weighted by Crippen LogP contribution is 2.22. The summed E-state index contributed by atoms with van der Waals surface area (Å²) in [6, 6.07) is 1.27. The fourth-order valence-electron chi connectivity index (χ4n) is 0.663. The zero-order chi connectivity index (χ0) is 10.8. The van der Waals surface area contributed by atoms with Crippen LogP contribution in [0.3, 0.4) is 0 Å². The van der Waals surface area contributed by atoms with Crippen LogP contribution in [0.1, 0.15) is 0 Å². The summed E-state index contributed by atoms with van der Waals surface area (Å²) in [5, 5.41) is 1.59. The van der Waals surface area contributed by atoms with Crippen molar-refractivity contribution in [1.29, 1.82) is 0 Å². The molecule has 1 amide bonds. The van der Waals surface area contributed by atoms with Crippen LogP contribution in [0.25, 0.3) is 0 Å². The summed E-state index contributed by atoms with van der Waals surface area (Å²) in [6.07, 6.45) is -2.60. The van der Waals surface area contributed by atoms with Crippen molar-refractivity contribution in [2.24, 2.45) is 0 Å². The first-order valence-electron chi connectivity index (χ1n) is 3.39. The van der Waals surface area contributed by atoms with Crippen LogP contribution < -0.4 is 5.32 Å². The number of nitrogens with one attached hydrogen (secondary N) is 1. The van der Waals surface area contributed by atoms with Gasteiger partial charge in [-0.2, -0.15) is 13.2 Å². The standard InChI is InChI=1S/C7H4ClF3N2O/c8-4-1-2-12-3-5(4)13-6(14)7(9,10)11/h1-3H,(H,13,14). The maximum Gasteiger partial charge on any atom is 0.471 e. The number of amides is 1. The number of hydrogen-bond donors (Lipinski definition) is 1. The normalized spacial score (nSPS) is 11.1. The molecule has 14 heavy (non-hydrogen) atoms. The summed E-state index contributed by atoms with van der Waals surface area (Å²) < 4.78 is 35.4. The van der Waals surface area contributed by atoms with Crippen LogP contribution in [0.2, 0.25) is 5.02 Å². The van der Waals surface area contributed by atoms with Crippen LogP contribution in [-0.4, -0.2) is 17.1 Å². The molecule has 0 saturated carbocycles. The third kappa shape index (κ3) is 2.59. The molecule has 1 aromatic rings. The second-order valence-corrected chi connectivity index (χ2v) is 2.71. The van der Waals surface area contributed by atoms with E-state index in [0.717, 1.165) is 6.20 Å². The van der Waals surface area contributed by atoms with Gasteiger partial charge in [-0.25, -0.2) is 0 Å². The Kier molecular flexibility index (Phi) is 2.95. The average Bonchev–Trinajstić information content (AvgIpc) is 2.07. The van der Waals surface area contributed by atoms with Gasteiger partial charge in [0, 0.05) is 6.20 Å². The van der Waals surface area contributed by atoms with E-state index in [2.05, 4.69) is 4.98 Å². The number of carbonyl (C=O) groups excluding carboxylic acids is 1. The van der Waals surface area contributed by atoms with E-state index in [0.29, 0.717) is 0 Å². The molecule has 0 spiro atoms. The largest absolute Gasteiger partial charge is 0.471 e. The summed E-state index contributed by atoms with van der Waals surface area (Å²) >= 11 is 5.50. The molecule has 1 rings (SSSR count). The zero-order valence-electron chi connectivity index (χ0n) is 6.60. The summed E-state index contributed by atoms with van der Waals surface area (Å²) in [5.74, 6) is -2.08. The summed E-state index contributed by atoms with van der Waals surface area (Å²) in [7, 11) is 0. The molecule has 1 N–H and O–H groups in total. The lowest BCUT2D eigenvalue weighted by molar-refractivity contribution is -0.167. The third-order valence-corrected chi connectivity index (χ3v) is 1.60. The number of anilines is 1. The molecular formula is C7H4ClF3N2O. The molecule has 1 aromatic heterocycles. The van der Waals surface area contributed by atoms with Gasteiger partial charge < -0.3 is 5.32 Å². The van der Waals surface area contributed by atoms with Crippen LogP contribution >= 0.6 is 11.6 Å². The lowest BCUT2D eigenvalue weighted by Crippen LogP contribution is -2.30. The minimum Gasteiger partial charge on any atom is -0.316 e. The number of pyridine rings is 1. The topological polar surface area (TPSA) is 42.0 Å². The van der Waals surface area contributed by atoms with Crippen molar-refractivity contribution < 1.29 is 18.0 Å². The van der Waals surface area contributed by atoms with Gasteiger partial charge in [0.2, 0.25) is 0 Å². The van der Waals surface area contributed by atoms with E-state index >= 15 is 0 Å². The maximum absolute atomic E-state index is 11.8. The van der Waals surface area contributed by atoms with Gasteiger partial charge in [-0.3, -0.25) is 9.78 Å². The van der Waals surface area contributed by atoms with Gasteiger partial charge in [-0.15, -0.1) is 0 Å². The van der Waals surface area contributed by atoms with E-state index in [9.17, 15) is 18.0 Å². The van der Waals surface area contributed by atoms with Gasteiger partial charge in [0.05, 0.1) is 16.9 Å². The van der Waals surface area contributed by atoms with Crippen LogP contribution in [0.4, 0.5) is 18.9 Å². The number of carbonyl (C=O) groups is 1.